The van der Waals surface area contributed by atoms with Gasteiger partial charge in [0.2, 0.25) is 0 Å². The number of phenolic OH excluding ortho intramolecular Hbond substituents is 1. The molecule has 1 aromatic rings. The van der Waals surface area contributed by atoms with Gasteiger partial charge in [-0.2, -0.15) is 0 Å². The highest BCUT2D eigenvalue weighted by Crippen LogP contribution is 2.38. The van der Waals surface area contributed by atoms with E-state index in [1.54, 1.807) is 0 Å². The molecule has 0 radical (unpaired) electrons. The van der Waals surface area contributed by atoms with E-state index in [4.69, 9.17) is 10.2 Å². The summed E-state index contributed by atoms with van der Waals surface area (Å²) in [5, 5.41) is 52.5. The van der Waals surface area contributed by atoms with Gasteiger partial charge in [-0.05, 0) is 19.8 Å². The van der Waals surface area contributed by atoms with Crippen molar-refractivity contribution >= 4 is 17.1 Å². The summed E-state index contributed by atoms with van der Waals surface area (Å²) in [5.41, 5.74) is -3.00. The van der Waals surface area contributed by atoms with Crippen LogP contribution < -0.4 is 5.32 Å². The van der Waals surface area contributed by atoms with Crippen LogP contribution in [0.25, 0.3) is 0 Å². The average Bonchev–Trinajstić information content (AvgIpc) is 2.62. The van der Waals surface area contributed by atoms with Gasteiger partial charge in [0.1, 0.15) is 0 Å². The van der Waals surface area contributed by atoms with E-state index in [0.29, 0.717) is 18.2 Å². The van der Waals surface area contributed by atoms with Crippen molar-refractivity contribution < 1.29 is 25.0 Å². The Hall–Kier alpha value is -2.86. The fraction of sp³-hybridized carbons (Fsp3) is 0.625. The lowest BCUT2D eigenvalue weighted by Crippen LogP contribution is -2.38. The number of nitrogens with one attached hydrogen (secondary N) is 1. The first-order valence-electron chi connectivity index (χ1n) is 8.75. The van der Waals surface area contributed by atoms with Crippen molar-refractivity contribution in [3.05, 3.63) is 42.5 Å². The van der Waals surface area contributed by atoms with Crippen LogP contribution in [-0.2, 0) is 0 Å². The zero-order valence-electron chi connectivity index (χ0n) is 16.0. The first kappa shape index (κ1) is 25.1. The zero-order chi connectivity index (χ0) is 21.9. The van der Waals surface area contributed by atoms with Crippen molar-refractivity contribution in [2.75, 3.05) is 6.61 Å². The highest BCUT2D eigenvalue weighted by molar-refractivity contribution is 5.64. The summed E-state index contributed by atoms with van der Waals surface area (Å²) in [6.45, 7) is 6.67. The quantitative estimate of drug-likeness (QED) is 0.391. The van der Waals surface area contributed by atoms with Gasteiger partial charge in [0.25, 0.3) is 11.4 Å². The molecule has 0 aliphatic rings. The van der Waals surface area contributed by atoms with Crippen LogP contribution in [-0.4, -0.2) is 43.7 Å². The lowest BCUT2D eigenvalue weighted by molar-refractivity contribution is -0.404. The smallest absolute Gasteiger partial charge is 0.324 e. The summed E-state index contributed by atoms with van der Waals surface area (Å²) in [6.07, 6.45) is 4.88. The molecule has 12 heteroatoms. The minimum atomic E-state index is -1.21. The topological polar surface area (TPSA) is 182 Å². The third-order valence-electron chi connectivity index (χ3n) is 3.73. The number of benzene rings is 1. The fourth-order valence-corrected chi connectivity index (χ4v) is 2.44. The molecule has 28 heavy (non-hydrogen) atoms. The normalized spacial score (nSPS) is 11.5. The number of aliphatic hydroxyl groups is 1. The van der Waals surface area contributed by atoms with Gasteiger partial charge in [-0.3, -0.25) is 30.3 Å². The Morgan fingerprint density at radius 1 is 0.964 bits per heavy atom. The zero-order valence-corrected chi connectivity index (χ0v) is 16.0. The Balaban J connectivity index is 0.000000546. The molecule has 1 atom stereocenters. The van der Waals surface area contributed by atoms with Gasteiger partial charge in [-0.15, -0.1) is 0 Å². The molecule has 0 fully saturated rings. The van der Waals surface area contributed by atoms with Crippen LogP contribution in [0.2, 0.25) is 0 Å². The first-order chi connectivity index (χ1) is 13.1. The van der Waals surface area contributed by atoms with Crippen LogP contribution in [0.1, 0.15) is 46.5 Å². The van der Waals surface area contributed by atoms with Crippen molar-refractivity contribution in [1.29, 1.82) is 0 Å². The number of nitrogens with zero attached hydrogens (tertiary/aromatic N) is 3. The molecular formula is C16H26N4O8. The number of hydrogen-bond acceptors (Lipinski definition) is 9. The lowest BCUT2D eigenvalue weighted by atomic mass is 10.1. The van der Waals surface area contributed by atoms with Gasteiger partial charge >= 0.3 is 11.4 Å². The molecule has 0 bridgehead atoms. The van der Waals surface area contributed by atoms with E-state index in [1.807, 2.05) is 6.92 Å². The van der Waals surface area contributed by atoms with E-state index in [-0.39, 0.29) is 12.6 Å². The predicted molar refractivity (Wildman–Crippen MR) is 101 cm³/mol. The Kier molecular flexibility index (Phi) is 11.2. The van der Waals surface area contributed by atoms with E-state index < -0.39 is 37.6 Å². The van der Waals surface area contributed by atoms with Crippen molar-refractivity contribution in [1.82, 2.24) is 5.32 Å². The van der Waals surface area contributed by atoms with Crippen LogP contribution in [0.3, 0.4) is 0 Å². The summed E-state index contributed by atoms with van der Waals surface area (Å²) < 4.78 is 0. The molecular weight excluding hydrogens is 376 g/mol. The largest absolute Gasteiger partial charge is 0.497 e. The minimum absolute atomic E-state index is 0.240. The van der Waals surface area contributed by atoms with Crippen LogP contribution >= 0.6 is 0 Å². The molecule has 0 aliphatic heterocycles. The Morgan fingerprint density at radius 3 is 1.68 bits per heavy atom. The first-order valence-corrected chi connectivity index (χ1v) is 8.75. The standard InChI is InChI=1S/C10H23NO.C6H3N3O7/c1-4-6-10(7-5-2)11-9(3)8-12;10-6-4(8(13)14)1-3(7(11)12)2-5(6)9(15)16/h9-12H,4-8H2,1-3H3;1-2,10H. The minimum Gasteiger partial charge on any atom is -0.497 e. The summed E-state index contributed by atoms with van der Waals surface area (Å²) in [4.78, 5) is 27.8. The second-order valence-corrected chi connectivity index (χ2v) is 6.13. The van der Waals surface area contributed by atoms with Gasteiger partial charge in [-0.25, -0.2) is 0 Å². The molecule has 1 rings (SSSR count). The summed E-state index contributed by atoms with van der Waals surface area (Å²) in [5.74, 6) is -1.21. The molecule has 158 valence electrons. The second kappa shape index (κ2) is 12.5. The molecule has 12 nitrogen and oxygen atoms in total. The maximum Gasteiger partial charge on any atom is 0.324 e. The van der Waals surface area contributed by atoms with Crippen LogP contribution in [0, 0.1) is 30.3 Å². The Bertz CT molecular complexity index is 642. The molecule has 0 saturated heterocycles. The average molecular weight is 402 g/mol. The van der Waals surface area contributed by atoms with Crippen molar-refractivity contribution in [3.8, 4) is 5.75 Å². The van der Waals surface area contributed by atoms with E-state index in [2.05, 4.69) is 19.2 Å². The molecule has 3 N–H and O–H groups in total. The van der Waals surface area contributed by atoms with Crippen LogP contribution in [0.5, 0.6) is 5.75 Å². The SMILES string of the molecule is CCCC(CCC)NC(C)CO.O=[N+]([O-])c1cc([N+](=O)[O-])c(O)c([N+](=O)[O-])c1. The monoisotopic (exact) mass is 402 g/mol. The van der Waals surface area contributed by atoms with Gasteiger partial charge in [0.15, 0.2) is 0 Å². The molecule has 1 unspecified atom stereocenters. The van der Waals surface area contributed by atoms with Gasteiger partial charge in [0.05, 0.1) is 33.5 Å². The summed E-state index contributed by atoms with van der Waals surface area (Å²) >= 11 is 0. The fourth-order valence-electron chi connectivity index (χ4n) is 2.44. The second-order valence-electron chi connectivity index (χ2n) is 6.13. The molecule has 0 spiro atoms. The van der Waals surface area contributed by atoms with E-state index in [9.17, 15) is 30.3 Å². The van der Waals surface area contributed by atoms with E-state index in [0.717, 1.165) is 0 Å². The van der Waals surface area contributed by atoms with Crippen LogP contribution in [0.4, 0.5) is 17.1 Å². The maximum atomic E-state index is 10.4. The Morgan fingerprint density at radius 2 is 1.39 bits per heavy atom. The molecule has 1 aromatic carbocycles. The van der Waals surface area contributed by atoms with Gasteiger partial charge < -0.3 is 15.5 Å². The highest BCUT2D eigenvalue weighted by Gasteiger charge is 2.30. The third kappa shape index (κ3) is 8.22. The van der Waals surface area contributed by atoms with Crippen molar-refractivity contribution in [3.63, 3.8) is 0 Å². The Labute approximate surface area is 161 Å². The number of aromatic hydroxyl groups is 1. The third-order valence-corrected chi connectivity index (χ3v) is 3.73. The number of aliphatic hydroxyl groups excluding tert-OH is 1. The maximum absolute atomic E-state index is 10.4. The predicted octanol–water partition coefficient (Wildman–Crippen LogP) is 3.04. The number of hydrogen-bond donors (Lipinski definition) is 3. The molecule has 0 heterocycles. The number of nitro benzene ring substituents is 3. The van der Waals surface area contributed by atoms with E-state index >= 15 is 0 Å². The number of phenols is 1. The number of non-ortho nitro benzene ring substituents is 1. The van der Waals surface area contributed by atoms with Crippen molar-refractivity contribution in [2.24, 2.45) is 0 Å². The highest BCUT2D eigenvalue weighted by atomic mass is 16.6. The number of nitro groups is 3. The van der Waals surface area contributed by atoms with Crippen LogP contribution in [0.15, 0.2) is 12.1 Å². The van der Waals surface area contributed by atoms with Gasteiger partial charge in [0, 0.05) is 12.1 Å². The number of rotatable bonds is 10. The van der Waals surface area contributed by atoms with E-state index in [1.165, 1.54) is 25.7 Å². The molecule has 0 aliphatic carbocycles. The summed E-state index contributed by atoms with van der Waals surface area (Å²) in [7, 11) is 0. The molecule has 0 amide bonds. The lowest BCUT2D eigenvalue weighted by Gasteiger charge is -2.21. The molecule has 0 saturated carbocycles. The van der Waals surface area contributed by atoms with Gasteiger partial charge in [-0.1, -0.05) is 26.7 Å². The summed E-state index contributed by atoms with van der Waals surface area (Å²) in [6, 6.07) is 1.74. The molecule has 0 aromatic heterocycles. The van der Waals surface area contributed by atoms with Crippen molar-refractivity contribution in [2.45, 2.75) is 58.5 Å².